The van der Waals surface area contributed by atoms with Crippen molar-refractivity contribution in [2.45, 2.75) is 31.7 Å². The van der Waals surface area contributed by atoms with Crippen LogP contribution >= 0.6 is 0 Å². The van der Waals surface area contributed by atoms with Crippen LogP contribution in [0.2, 0.25) is 0 Å². The number of benzene rings is 1. The maximum absolute atomic E-state index is 11.8. The van der Waals surface area contributed by atoms with Gasteiger partial charge in [-0.1, -0.05) is 12.1 Å². The molecule has 0 spiro atoms. The van der Waals surface area contributed by atoms with E-state index in [0.29, 0.717) is 12.0 Å². The van der Waals surface area contributed by atoms with Crippen molar-refractivity contribution in [2.75, 3.05) is 20.6 Å². The van der Waals surface area contributed by atoms with Gasteiger partial charge in [0.15, 0.2) is 0 Å². The zero-order chi connectivity index (χ0) is 13.1. The van der Waals surface area contributed by atoms with Crippen LogP contribution in [0.15, 0.2) is 24.3 Å². The molecule has 1 aromatic carbocycles. The van der Waals surface area contributed by atoms with Gasteiger partial charge in [-0.3, -0.25) is 4.79 Å². The van der Waals surface area contributed by atoms with Gasteiger partial charge in [-0.25, -0.2) is 0 Å². The summed E-state index contributed by atoms with van der Waals surface area (Å²) in [5.41, 5.74) is 2.13. The Kier molecular flexibility index (Phi) is 4.02. The molecule has 0 saturated carbocycles. The van der Waals surface area contributed by atoms with Gasteiger partial charge in [0.25, 0.3) is 5.91 Å². The minimum absolute atomic E-state index is 0.0697. The van der Waals surface area contributed by atoms with Gasteiger partial charge >= 0.3 is 0 Å². The number of amides is 1. The van der Waals surface area contributed by atoms with Crippen LogP contribution in [0.3, 0.4) is 0 Å². The number of nitrogens with one attached hydrogen (secondary N) is 1. The molecule has 3 heteroatoms. The summed E-state index contributed by atoms with van der Waals surface area (Å²) in [6.45, 7) is 3.32. The molecule has 1 saturated heterocycles. The van der Waals surface area contributed by atoms with E-state index in [1.54, 1.807) is 19.0 Å². The molecular formula is C15H22N2O. The summed E-state index contributed by atoms with van der Waals surface area (Å²) in [7, 11) is 3.56. The Hall–Kier alpha value is -1.35. The van der Waals surface area contributed by atoms with Crippen LogP contribution in [0.5, 0.6) is 0 Å². The molecule has 2 rings (SSSR count). The zero-order valence-corrected chi connectivity index (χ0v) is 11.4. The predicted octanol–water partition coefficient (Wildman–Crippen LogP) is 2.24. The highest BCUT2D eigenvalue weighted by Crippen LogP contribution is 2.27. The first-order valence-corrected chi connectivity index (χ1v) is 6.63. The van der Waals surface area contributed by atoms with Crippen LogP contribution in [-0.2, 0) is 0 Å². The van der Waals surface area contributed by atoms with Crippen molar-refractivity contribution in [1.82, 2.24) is 10.2 Å². The Balaban J connectivity index is 2.10. The maximum atomic E-state index is 11.8. The Morgan fingerprint density at radius 3 is 2.50 bits per heavy atom. The summed E-state index contributed by atoms with van der Waals surface area (Å²) < 4.78 is 0. The van der Waals surface area contributed by atoms with Crippen LogP contribution in [0.25, 0.3) is 0 Å². The molecule has 3 nitrogen and oxygen atoms in total. The van der Waals surface area contributed by atoms with Gasteiger partial charge in [0.1, 0.15) is 0 Å². The van der Waals surface area contributed by atoms with Crippen molar-refractivity contribution in [3.63, 3.8) is 0 Å². The van der Waals surface area contributed by atoms with E-state index in [1.165, 1.54) is 18.4 Å². The van der Waals surface area contributed by atoms with E-state index in [1.807, 2.05) is 12.1 Å². The van der Waals surface area contributed by atoms with Crippen molar-refractivity contribution in [2.24, 2.45) is 0 Å². The monoisotopic (exact) mass is 246 g/mol. The highest BCUT2D eigenvalue weighted by atomic mass is 16.2. The third-order valence-corrected chi connectivity index (χ3v) is 3.66. The Labute approximate surface area is 109 Å². The lowest BCUT2D eigenvalue weighted by Gasteiger charge is -2.28. The molecule has 1 fully saturated rings. The largest absolute Gasteiger partial charge is 0.345 e. The van der Waals surface area contributed by atoms with Gasteiger partial charge < -0.3 is 10.2 Å². The fraction of sp³-hybridized carbons (Fsp3) is 0.533. The lowest BCUT2D eigenvalue weighted by molar-refractivity contribution is 0.0827. The number of piperidine rings is 1. The molecule has 2 atom stereocenters. The summed E-state index contributed by atoms with van der Waals surface area (Å²) >= 11 is 0. The summed E-state index contributed by atoms with van der Waals surface area (Å²) in [6, 6.07) is 8.71. The van der Waals surface area contributed by atoms with Crippen molar-refractivity contribution < 1.29 is 4.79 Å². The number of carbonyl (C=O) groups excluding carboxylic acids is 1. The minimum Gasteiger partial charge on any atom is -0.345 e. The third kappa shape index (κ3) is 2.91. The molecular weight excluding hydrogens is 224 g/mol. The number of hydrogen-bond donors (Lipinski definition) is 1. The van der Waals surface area contributed by atoms with Gasteiger partial charge in [0, 0.05) is 25.7 Å². The smallest absolute Gasteiger partial charge is 0.253 e. The predicted molar refractivity (Wildman–Crippen MR) is 73.9 cm³/mol. The first-order valence-electron chi connectivity index (χ1n) is 6.63. The van der Waals surface area contributed by atoms with E-state index < -0.39 is 0 Å². The first kappa shape index (κ1) is 13.1. The molecule has 1 heterocycles. The fourth-order valence-electron chi connectivity index (χ4n) is 2.59. The standard InChI is InChI=1S/C15H22N2O/c1-11-10-14(8-9-16-11)12-4-6-13(7-5-12)15(18)17(2)3/h4-7,11,14,16H,8-10H2,1-3H3. The van der Waals surface area contributed by atoms with Crippen LogP contribution in [-0.4, -0.2) is 37.5 Å². The first-order chi connectivity index (χ1) is 8.58. The second kappa shape index (κ2) is 5.53. The highest BCUT2D eigenvalue weighted by Gasteiger charge is 2.20. The van der Waals surface area contributed by atoms with Gasteiger partial charge in [0.2, 0.25) is 0 Å². The fourth-order valence-corrected chi connectivity index (χ4v) is 2.59. The molecule has 1 aliphatic rings. The lowest BCUT2D eigenvalue weighted by atomic mass is 9.86. The van der Waals surface area contributed by atoms with Gasteiger partial charge in [0.05, 0.1) is 0 Å². The van der Waals surface area contributed by atoms with E-state index in [9.17, 15) is 4.79 Å². The number of rotatable bonds is 2. The van der Waals surface area contributed by atoms with E-state index in [0.717, 1.165) is 12.1 Å². The van der Waals surface area contributed by atoms with Crippen molar-refractivity contribution >= 4 is 5.91 Å². The van der Waals surface area contributed by atoms with Gasteiger partial charge in [-0.05, 0) is 49.9 Å². The van der Waals surface area contributed by atoms with Crippen LogP contribution in [0.4, 0.5) is 0 Å². The quantitative estimate of drug-likeness (QED) is 0.868. The molecule has 1 aliphatic heterocycles. The topological polar surface area (TPSA) is 32.3 Å². The van der Waals surface area contributed by atoms with Crippen LogP contribution < -0.4 is 5.32 Å². The maximum Gasteiger partial charge on any atom is 0.253 e. The average Bonchev–Trinajstić information content (AvgIpc) is 2.38. The molecule has 1 N–H and O–H groups in total. The van der Waals surface area contributed by atoms with E-state index in [4.69, 9.17) is 0 Å². The van der Waals surface area contributed by atoms with Crippen molar-refractivity contribution in [3.8, 4) is 0 Å². The molecule has 1 aromatic rings. The molecule has 1 amide bonds. The Morgan fingerprint density at radius 2 is 1.94 bits per heavy atom. The molecule has 0 aliphatic carbocycles. The van der Waals surface area contributed by atoms with Crippen LogP contribution in [0.1, 0.15) is 41.6 Å². The lowest BCUT2D eigenvalue weighted by Crippen LogP contribution is -2.34. The normalized spacial score (nSPS) is 23.7. The number of carbonyl (C=O) groups is 1. The van der Waals surface area contributed by atoms with E-state index >= 15 is 0 Å². The summed E-state index contributed by atoms with van der Waals surface area (Å²) in [5, 5.41) is 3.47. The molecule has 0 aromatic heterocycles. The van der Waals surface area contributed by atoms with Gasteiger partial charge in [-0.15, -0.1) is 0 Å². The molecule has 0 bridgehead atoms. The Morgan fingerprint density at radius 1 is 1.28 bits per heavy atom. The average molecular weight is 246 g/mol. The Bertz CT molecular complexity index is 411. The molecule has 0 radical (unpaired) electrons. The summed E-state index contributed by atoms with van der Waals surface area (Å²) in [6.07, 6.45) is 2.37. The summed E-state index contributed by atoms with van der Waals surface area (Å²) in [5.74, 6) is 0.699. The number of nitrogens with zero attached hydrogens (tertiary/aromatic N) is 1. The highest BCUT2D eigenvalue weighted by molar-refractivity contribution is 5.93. The second-order valence-electron chi connectivity index (χ2n) is 5.40. The van der Waals surface area contributed by atoms with Gasteiger partial charge in [-0.2, -0.15) is 0 Å². The second-order valence-corrected chi connectivity index (χ2v) is 5.40. The minimum atomic E-state index is 0.0697. The molecule has 98 valence electrons. The summed E-state index contributed by atoms with van der Waals surface area (Å²) in [4.78, 5) is 13.4. The van der Waals surface area contributed by atoms with Crippen molar-refractivity contribution in [3.05, 3.63) is 35.4 Å². The van der Waals surface area contributed by atoms with E-state index in [-0.39, 0.29) is 5.91 Å². The van der Waals surface area contributed by atoms with E-state index in [2.05, 4.69) is 24.4 Å². The number of hydrogen-bond acceptors (Lipinski definition) is 2. The molecule has 2 unspecified atom stereocenters. The zero-order valence-electron chi connectivity index (χ0n) is 11.4. The third-order valence-electron chi connectivity index (χ3n) is 3.66. The van der Waals surface area contributed by atoms with Crippen molar-refractivity contribution in [1.29, 1.82) is 0 Å². The molecule has 18 heavy (non-hydrogen) atoms. The SMILES string of the molecule is CC1CC(c2ccc(C(=O)N(C)C)cc2)CCN1. The van der Waals surface area contributed by atoms with Crippen LogP contribution in [0, 0.1) is 0 Å².